The number of methoxy groups -OCH3 is 1. The van der Waals surface area contributed by atoms with Crippen LogP contribution in [0.2, 0.25) is 0 Å². The van der Waals surface area contributed by atoms with E-state index in [1.54, 1.807) is 25.1 Å². The summed E-state index contributed by atoms with van der Waals surface area (Å²) in [6.45, 7) is 7.10. The van der Waals surface area contributed by atoms with Crippen molar-refractivity contribution in [3.8, 4) is 17.1 Å². The summed E-state index contributed by atoms with van der Waals surface area (Å²) >= 11 is 0. The fourth-order valence-electron chi connectivity index (χ4n) is 4.65. The summed E-state index contributed by atoms with van der Waals surface area (Å²) in [6, 6.07) is 7.60. The maximum atomic E-state index is 13.6. The molecule has 0 N–H and O–H groups in total. The van der Waals surface area contributed by atoms with Crippen molar-refractivity contribution in [2.45, 2.75) is 39.5 Å². The molecule has 0 radical (unpaired) electrons. The SMILES string of the molecule is CCOC(=O)C1CCCN(C(=O)c2cnc(-c3ccc(OC)cc3)nc2N2CCC(C)CC2)C1. The molecule has 0 bridgehead atoms. The molecular weight excluding hydrogens is 432 g/mol. The van der Waals surface area contributed by atoms with E-state index in [0.29, 0.717) is 42.8 Å². The number of likely N-dealkylation sites (tertiary alicyclic amines) is 1. The summed E-state index contributed by atoms with van der Waals surface area (Å²) in [5, 5.41) is 0. The first-order valence-corrected chi connectivity index (χ1v) is 12.2. The van der Waals surface area contributed by atoms with Gasteiger partial charge in [-0.15, -0.1) is 0 Å². The maximum Gasteiger partial charge on any atom is 0.310 e. The first kappa shape index (κ1) is 24.0. The molecule has 2 saturated heterocycles. The third kappa shape index (κ3) is 5.32. The number of piperidine rings is 2. The lowest BCUT2D eigenvalue weighted by Gasteiger charge is -2.35. The van der Waals surface area contributed by atoms with E-state index in [0.717, 1.165) is 50.1 Å². The molecule has 34 heavy (non-hydrogen) atoms. The summed E-state index contributed by atoms with van der Waals surface area (Å²) in [6.07, 6.45) is 5.29. The van der Waals surface area contributed by atoms with Gasteiger partial charge >= 0.3 is 5.97 Å². The zero-order valence-electron chi connectivity index (χ0n) is 20.3. The minimum absolute atomic E-state index is 0.121. The van der Waals surface area contributed by atoms with Crippen molar-refractivity contribution in [2.24, 2.45) is 11.8 Å². The number of anilines is 1. The molecule has 3 heterocycles. The van der Waals surface area contributed by atoms with Gasteiger partial charge in [-0.25, -0.2) is 9.97 Å². The number of carbonyl (C=O) groups excluding carboxylic acids is 2. The van der Waals surface area contributed by atoms with Gasteiger partial charge in [0.15, 0.2) is 5.82 Å². The van der Waals surface area contributed by atoms with Crippen molar-refractivity contribution in [1.82, 2.24) is 14.9 Å². The Labute approximate surface area is 201 Å². The van der Waals surface area contributed by atoms with Gasteiger partial charge in [-0.3, -0.25) is 9.59 Å². The normalized spacial score (nSPS) is 19.1. The van der Waals surface area contributed by atoms with Gasteiger partial charge in [-0.2, -0.15) is 0 Å². The Bertz CT molecular complexity index is 1000. The fourth-order valence-corrected chi connectivity index (χ4v) is 4.65. The second-order valence-electron chi connectivity index (χ2n) is 9.17. The average Bonchev–Trinajstić information content (AvgIpc) is 2.88. The lowest BCUT2D eigenvalue weighted by molar-refractivity contribution is -0.149. The molecule has 1 aromatic carbocycles. The largest absolute Gasteiger partial charge is 0.497 e. The van der Waals surface area contributed by atoms with E-state index in [-0.39, 0.29) is 17.8 Å². The van der Waals surface area contributed by atoms with Crippen LogP contribution in [0.1, 0.15) is 49.9 Å². The average molecular weight is 467 g/mol. The minimum Gasteiger partial charge on any atom is -0.497 e. The second kappa shape index (κ2) is 10.8. The van der Waals surface area contributed by atoms with Crippen molar-refractivity contribution in [3.63, 3.8) is 0 Å². The van der Waals surface area contributed by atoms with Crippen molar-refractivity contribution in [3.05, 3.63) is 36.0 Å². The number of nitrogens with zero attached hydrogens (tertiary/aromatic N) is 4. The molecule has 1 unspecified atom stereocenters. The zero-order chi connectivity index (χ0) is 24.1. The third-order valence-corrected chi connectivity index (χ3v) is 6.76. The van der Waals surface area contributed by atoms with Crippen LogP contribution in [0.15, 0.2) is 30.5 Å². The smallest absolute Gasteiger partial charge is 0.310 e. The molecule has 0 aliphatic carbocycles. The molecular formula is C26H34N4O4. The van der Waals surface area contributed by atoms with Crippen molar-refractivity contribution in [2.75, 3.05) is 44.8 Å². The van der Waals surface area contributed by atoms with Gasteiger partial charge in [0.1, 0.15) is 17.1 Å². The van der Waals surface area contributed by atoms with Gasteiger partial charge in [-0.05, 0) is 62.8 Å². The van der Waals surface area contributed by atoms with Crippen LogP contribution in [-0.2, 0) is 9.53 Å². The number of amides is 1. The van der Waals surface area contributed by atoms with E-state index >= 15 is 0 Å². The summed E-state index contributed by atoms with van der Waals surface area (Å²) in [5.41, 5.74) is 1.36. The van der Waals surface area contributed by atoms with Crippen LogP contribution in [-0.4, -0.2) is 66.6 Å². The Hall–Kier alpha value is -3.16. The molecule has 2 aliphatic rings. The molecule has 0 spiro atoms. The molecule has 0 saturated carbocycles. The van der Waals surface area contributed by atoms with E-state index in [1.165, 1.54) is 0 Å². The van der Waals surface area contributed by atoms with Crippen LogP contribution >= 0.6 is 0 Å². The van der Waals surface area contributed by atoms with E-state index in [1.807, 2.05) is 24.3 Å². The lowest BCUT2D eigenvalue weighted by atomic mass is 9.97. The van der Waals surface area contributed by atoms with Crippen LogP contribution in [0, 0.1) is 11.8 Å². The number of hydrogen-bond donors (Lipinski definition) is 0. The fraction of sp³-hybridized carbons (Fsp3) is 0.538. The van der Waals surface area contributed by atoms with Gasteiger partial charge in [-0.1, -0.05) is 6.92 Å². The summed E-state index contributed by atoms with van der Waals surface area (Å²) in [7, 11) is 1.63. The molecule has 1 aromatic heterocycles. The predicted molar refractivity (Wildman–Crippen MR) is 130 cm³/mol. The van der Waals surface area contributed by atoms with Crippen LogP contribution in [0.25, 0.3) is 11.4 Å². The van der Waals surface area contributed by atoms with E-state index < -0.39 is 0 Å². The highest BCUT2D eigenvalue weighted by atomic mass is 16.5. The first-order chi connectivity index (χ1) is 16.5. The first-order valence-electron chi connectivity index (χ1n) is 12.2. The number of esters is 1. The quantitative estimate of drug-likeness (QED) is 0.599. The lowest BCUT2D eigenvalue weighted by Crippen LogP contribution is -2.44. The Morgan fingerprint density at radius 2 is 1.82 bits per heavy atom. The molecule has 4 rings (SSSR count). The van der Waals surface area contributed by atoms with E-state index in [4.69, 9.17) is 14.5 Å². The highest BCUT2D eigenvalue weighted by Crippen LogP contribution is 2.29. The third-order valence-electron chi connectivity index (χ3n) is 6.76. The van der Waals surface area contributed by atoms with Crippen LogP contribution in [0.4, 0.5) is 5.82 Å². The number of rotatable bonds is 6. The van der Waals surface area contributed by atoms with E-state index in [9.17, 15) is 9.59 Å². The van der Waals surface area contributed by atoms with E-state index in [2.05, 4.69) is 16.8 Å². The minimum atomic E-state index is -0.281. The summed E-state index contributed by atoms with van der Waals surface area (Å²) in [5.74, 6) is 2.05. The topological polar surface area (TPSA) is 84.9 Å². The molecule has 8 nitrogen and oxygen atoms in total. The number of ether oxygens (including phenoxy) is 2. The standard InChI is InChI=1S/C26H34N4O4/c1-4-34-26(32)20-6-5-13-30(17-20)25(31)22-16-27-23(19-7-9-21(33-3)10-8-19)28-24(22)29-14-11-18(2)12-15-29/h7-10,16,18,20H,4-6,11-15,17H2,1-3H3. The van der Waals surface area contributed by atoms with Crippen molar-refractivity contribution in [1.29, 1.82) is 0 Å². The number of aromatic nitrogens is 2. The number of benzene rings is 1. The highest BCUT2D eigenvalue weighted by Gasteiger charge is 2.32. The molecule has 1 atom stereocenters. The Morgan fingerprint density at radius 3 is 2.50 bits per heavy atom. The van der Waals surface area contributed by atoms with Gasteiger partial charge in [0, 0.05) is 37.9 Å². The van der Waals surface area contributed by atoms with Gasteiger partial charge in [0.2, 0.25) is 0 Å². The highest BCUT2D eigenvalue weighted by molar-refractivity contribution is 5.99. The van der Waals surface area contributed by atoms with Crippen LogP contribution in [0.5, 0.6) is 5.75 Å². The number of hydrogen-bond acceptors (Lipinski definition) is 7. The Balaban J connectivity index is 1.63. The van der Waals surface area contributed by atoms with Crippen LogP contribution in [0.3, 0.4) is 0 Å². The summed E-state index contributed by atoms with van der Waals surface area (Å²) < 4.78 is 10.5. The predicted octanol–water partition coefficient (Wildman–Crippen LogP) is 3.80. The Kier molecular flexibility index (Phi) is 7.65. The Morgan fingerprint density at radius 1 is 1.09 bits per heavy atom. The van der Waals surface area contributed by atoms with Gasteiger partial charge in [0.05, 0.1) is 19.6 Å². The molecule has 2 fully saturated rings. The molecule has 182 valence electrons. The zero-order valence-corrected chi connectivity index (χ0v) is 20.3. The second-order valence-corrected chi connectivity index (χ2v) is 9.17. The van der Waals surface area contributed by atoms with Gasteiger partial charge < -0.3 is 19.3 Å². The maximum absolute atomic E-state index is 13.6. The van der Waals surface area contributed by atoms with Crippen molar-refractivity contribution >= 4 is 17.7 Å². The molecule has 2 aliphatic heterocycles. The molecule has 2 aromatic rings. The molecule has 8 heteroatoms. The monoisotopic (exact) mass is 466 g/mol. The molecule has 1 amide bonds. The number of carbonyl (C=O) groups is 2. The van der Waals surface area contributed by atoms with Crippen molar-refractivity contribution < 1.29 is 19.1 Å². The summed E-state index contributed by atoms with van der Waals surface area (Å²) in [4.78, 5) is 39.3. The van der Waals surface area contributed by atoms with Crippen LogP contribution < -0.4 is 9.64 Å². The van der Waals surface area contributed by atoms with Gasteiger partial charge in [0.25, 0.3) is 5.91 Å².